The molecule has 0 aliphatic rings. The fourth-order valence-electron chi connectivity index (χ4n) is 1.95. The van der Waals surface area contributed by atoms with Crippen molar-refractivity contribution in [1.82, 2.24) is 0 Å². The third-order valence-corrected chi connectivity index (χ3v) is 4.49. The van der Waals surface area contributed by atoms with Crippen LogP contribution in [0.25, 0.3) is 6.08 Å². The number of hydrogen-bond acceptors (Lipinski definition) is 5. The van der Waals surface area contributed by atoms with Gasteiger partial charge in [-0.2, -0.15) is 0 Å². The minimum Gasteiger partial charge on any atom is -0.495 e. The van der Waals surface area contributed by atoms with E-state index >= 15 is 0 Å². The van der Waals surface area contributed by atoms with Gasteiger partial charge in [0.2, 0.25) is 0 Å². The molecule has 0 radical (unpaired) electrons. The average Bonchev–Trinajstić information content (AvgIpc) is 2.98. The Morgan fingerprint density at radius 3 is 2.64 bits per heavy atom. The monoisotopic (exact) mass is 379 g/mol. The molecule has 1 amide bonds. The molecule has 1 heterocycles. The first-order valence-electron chi connectivity index (χ1n) is 7.48. The van der Waals surface area contributed by atoms with E-state index in [-0.39, 0.29) is 0 Å². The van der Waals surface area contributed by atoms with Crippen molar-refractivity contribution in [3.63, 3.8) is 0 Å². The van der Waals surface area contributed by atoms with E-state index in [0.29, 0.717) is 16.5 Å². The van der Waals surface area contributed by atoms with Crippen LogP contribution in [-0.2, 0) is 14.3 Å². The van der Waals surface area contributed by atoms with Crippen LogP contribution in [-0.4, -0.2) is 25.1 Å². The number of thiophene rings is 1. The molecule has 0 saturated heterocycles. The molecule has 0 unspecified atom stereocenters. The topological polar surface area (TPSA) is 64.6 Å². The van der Waals surface area contributed by atoms with Gasteiger partial charge >= 0.3 is 5.97 Å². The number of hydrogen-bond donors (Lipinski definition) is 1. The molecular formula is C18H18ClNO4S. The number of ether oxygens (including phenoxy) is 2. The van der Waals surface area contributed by atoms with Gasteiger partial charge in [0.25, 0.3) is 5.91 Å². The van der Waals surface area contributed by atoms with Crippen molar-refractivity contribution >= 4 is 46.6 Å². The molecule has 25 heavy (non-hydrogen) atoms. The number of carbonyl (C=O) groups excluding carboxylic acids is 2. The molecule has 2 aromatic rings. The van der Waals surface area contributed by atoms with Crippen LogP contribution >= 0.6 is 22.9 Å². The number of esters is 1. The fourth-order valence-corrected chi connectivity index (χ4v) is 2.99. The van der Waals surface area contributed by atoms with E-state index in [1.807, 2.05) is 19.1 Å². The van der Waals surface area contributed by atoms with Crippen molar-refractivity contribution in [2.24, 2.45) is 0 Å². The molecule has 0 spiro atoms. The van der Waals surface area contributed by atoms with Gasteiger partial charge in [-0.05, 0) is 50.3 Å². The van der Waals surface area contributed by atoms with Gasteiger partial charge in [0.1, 0.15) is 5.75 Å². The Bertz CT molecular complexity index is 800. The summed E-state index contributed by atoms with van der Waals surface area (Å²) in [6, 6.07) is 8.72. The summed E-state index contributed by atoms with van der Waals surface area (Å²) < 4.78 is 10.1. The molecule has 1 aromatic carbocycles. The van der Waals surface area contributed by atoms with Gasteiger partial charge in [-0.3, -0.25) is 4.79 Å². The molecule has 5 nitrogen and oxygen atoms in total. The smallest absolute Gasteiger partial charge is 0.331 e. The van der Waals surface area contributed by atoms with Crippen LogP contribution in [0.3, 0.4) is 0 Å². The minimum absolute atomic E-state index is 0.374. The van der Waals surface area contributed by atoms with Crippen molar-refractivity contribution in [2.45, 2.75) is 20.0 Å². The maximum Gasteiger partial charge on any atom is 0.331 e. The zero-order valence-electron chi connectivity index (χ0n) is 14.0. The maximum absolute atomic E-state index is 12.1. The summed E-state index contributed by atoms with van der Waals surface area (Å²) in [5.41, 5.74) is 0.489. The summed E-state index contributed by atoms with van der Waals surface area (Å²) >= 11 is 7.57. The normalized spacial score (nSPS) is 12.0. The number of aryl methyl sites for hydroxylation is 1. The third kappa shape index (κ3) is 5.62. The standard InChI is InChI=1S/C18H18ClNO4S/c1-11-4-6-14(25-11)7-9-17(21)24-12(2)18(22)20-13-5-8-16(23-3)15(19)10-13/h4-10,12H,1-3H3,(H,20,22)/b9-7+/t12-/m0/s1. The summed E-state index contributed by atoms with van der Waals surface area (Å²) in [5.74, 6) is -0.524. The lowest BCUT2D eigenvalue weighted by atomic mass is 10.2. The van der Waals surface area contributed by atoms with Crippen LogP contribution in [0.5, 0.6) is 5.75 Å². The maximum atomic E-state index is 12.1. The van der Waals surface area contributed by atoms with Crippen molar-refractivity contribution in [1.29, 1.82) is 0 Å². The zero-order chi connectivity index (χ0) is 18.4. The van der Waals surface area contributed by atoms with Gasteiger partial charge in [0.05, 0.1) is 12.1 Å². The summed E-state index contributed by atoms with van der Waals surface area (Å²) in [6.07, 6.45) is 2.02. The van der Waals surface area contributed by atoms with Gasteiger partial charge in [-0.25, -0.2) is 4.79 Å². The molecule has 0 aliphatic heterocycles. The molecular weight excluding hydrogens is 362 g/mol. The number of rotatable bonds is 6. The number of nitrogens with one attached hydrogen (secondary N) is 1. The van der Waals surface area contributed by atoms with Crippen molar-refractivity contribution in [3.8, 4) is 5.75 Å². The first kappa shape index (κ1) is 19.0. The van der Waals surface area contributed by atoms with E-state index in [1.165, 1.54) is 20.1 Å². The first-order valence-corrected chi connectivity index (χ1v) is 8.68. The predicted molar refractivity (Wildman–Crippen MR) is 100 cm³/mol. The van der Waals surface area contributed by atoms with Crippen LogP contribution < -0.4 is 10.1 Å². The summed E-state index contributed by atoms with van der Waals surface area (Å²) in [6.45, 7) is 3.49. The Morgan fingerprint density at radius 2 is 2.04 bits per heavy atom. The summed E-state index contributed by atoms with van der Waals surface area (Å²) in [4.78, 5) is 26.0. The largest absolute Gasteiger partial charge is 0.495 e. The van der Waals surface area contributed by atoms with Gasteiger partial charge in [0.15, 0.2) is 6.10 Å². The lowest BCUT2D eigenvalue weighted by Crippen LogP contribution is -2.29. The Morgan fingerprint density at radius 1 is 1.28 bits per heavy atom. The van der Waals surface area contributed by atoms with Crippen LogP contribution in [0.4, 0.5) is 5.69 Å². The van der Waals surface area contributed by atoms with Crippen molar-refractivity contribution < 1.29 is 19.1 Å². The molecule has 1 aromatic heterocycles. The van der Waals surface area contributed by atoms with Crippen molar-refractivity contribution in [3.05, 3.63) is 51.2 Å². The Kier molecular flexibility index (Phi) is 6.61. The minimum atomic E-state index is -0.942. The fraction of sp³-hybridized carbons (Fsp3) is 0.222. The summed E-state index contributed by atoms with van der Waals surface area (Å²) in [7, 11) is 1.51. The SMILES string of the molecule is COc1ccc(NC(=O)[C@H](C)OC(=O)/C=C/c2ccc(C)s2)cc1Cl. The van der Waals surface area contributed by atoms with E-state index in [4.69, 9.17) is 21.1 Å². The average molecular weight is 380 g/mol. The van der Waals surface area contributed by atoms with Gasteiger partial charge < -0.3 is 14.8 Å². The highest BCUT2D eigenvalue weighted by molar-refractivity contribution is 7.12. The van der Waals surface area contributed by atoms with Crippen molar-refractivity contribution in [2.75, 3.05) is 12.4 Å². The van der Waals surface area contributed by atoms with E-state index < -0.39 is 18.0 Å². The molecule has 0 saturated carbocycles. The Balaban J connectivity index is 1.90. The van der Waals surface area contributed by atoms with Crippen LogP contribution in [0.15, 0.2) is 36.4 Å². The molecule has 132 valence electrons. The molecule has 7 heteroatoms. The Labute approximate surface area is 155 Å². The molecule has 0 fully saturated rings. The number of anilines is 1. The number of halogens is 1. The quantitative estimate of drug-likeness (QED) is 0.600. The second-order valence-electron chi connectivity index (χ2n) is 5.20. The summed E-state index contributed by atoms with van der Waals surface area (Å²) in [5, 5.41) is 3.01. The van der Waals surface area contributed by atoms with E-state index in [9.17, 15) is 9.59 Å². The number of benzene rings is 1. The van der Waals surface area contributed by atoms with Gasteiger partial charge in [0, 0.05) is 21.5 Å². The second kappa shape index (κ2) is 8.69. The van der Waals surface area contributed by atoms with Gasteiger partial charge in [-0.1, -0.05) is 11.6 Å². The highest BCUT2D eigenvalue weighted by Gasteiger charge is 2.17. The third-order valence-electron chi connectivity index (χ3n) is 3.23. The van der Waals surface area contributed by atoms with Crippen LogP contribution in [0, 0.1) is 6.92 Å². The van der Waals surface area contributed by atoms with Crippen LogP contribution in [0.1, 0.15) is 16.7 Å². The van der Waals surface area contributed by atoms with Crippen LogP contribution in [0.2, 0.25) is 5.02 Å². The van der Waals surface area contributed by atoms with E-state index in [0.717, 1.165) is 9.75 Å². The lowest BCUT2D eigenvalue weighted by molar-refractivity contribution is -0.148. The highest BCUT2D eigenvalue weighted by atomic mass is 35.5. The molecule has 2 rings (SSSR count). The first-order chi connectivity index (χ1) is 11.9. The van der Waals surface area contributed by atoms with E-state index in [2.05, 4.69) is 5.32 Å². The van der Waals surface area contributed by atoms with Gasteiger partial charge in [-0.15, -0.1) is 11.3 Å². The van der Waals surface area contributed by atoms with E-state index in [1.54, 1.807) is 35.6 Å². The number of methoxy groups -OCH3 is 1. The predicted octanol–water partition coefficient (Wildman–Crippen LogP) is 4.30. The Hall–Kier alpha value is -2.31. The zero-order valence-corrected chi connectivity index (χ0v) is 15.6. The molecule has 1 atom stereocenters. The lowest BCUT2D eigenvalue weighted by Gasteiger charge is -2.13. The highest BCUT2D eigenvalue weighted by Crippen LogP contribution is 2.27. The molecule has 0 aliphatic carbocycles. The number of carbonyl (C=O) groups is 2. The number of amides is 1. The second-order valence-corrected chi connectivity index (χ2v) is 6.93. The molecule has 0 bridgehead atoms. The molecule has 1 N–H and O–H groups in total.